The van der Waals surface area contributed by atoms with Crippen molar-refractivity contribution >= 4 is 6.47 Å². The minimum absolute atomic E-state index is 0.296. The lowest BCUT2D eigenvalue weighted by Gasteiger charge is -2.07. The molecule has 0 atom stereocenters. The molecule has 0 aliphatic heterocycles. The quantitative estimate of drug-likeness (QED) is 0.720. The van der Waals surface area contributed by atoms with Gasteiger partial charge in [-0.15, -0.1) is 0 Å². The van der Waals surface area contributed by atoms with Gasteiger partial charge in [-0.2, -0.15) is 13.2 Å². The van der Waals surface area contributed by atoms with Crippen molar-refractivity contribution in [1.82, 2.24) is 0 Å². The third-order valence-electron chi connectivity index (χ3n) is 2.30. The van der Waals surface area contributed by atoms with E-state index in [1.165, 1.54) is 18.6 Å². The molecule has 1 radical (unpaired) electrons. The molecule has 0 amide bonds. The second-order valence-electron chi connectivity index (χ2n) is 3.58. The topological polar surface area (TPSA) is 26.3 Å². The van der Waals surface area contributed by atoms with Crippen LogP contribution in [-0.4, -0.2) is 13.1 Å². The van der Waals surface area contributed by atoms with Gasteiger partial charge >= 0.3 is 12.6 Å². The molecule has 0 N–H and O–H groups in total. The summed E-state index contributed by atoms with van der Waals surface area (Å²) in [5.74, 6) is 0. The molecule has 0 aliphatic rings. The number of hydrogen-bond donors (Lipinski definition) is 0. The fourth-order valence-electron chi connectivity index (χ4n) is 1.41. The van der Waals surface area contributed by atoms with Crippen LogP contribution in [-0.2, 0) is 22.1 Å². The molecule has 2 nitrogen and oxygen atoms in total. The van der Waals surface area contributed by atoms with Gasteiger partial charge in [-0.1, -0.05) is 12.1 Å². The third kappa shape index (κ3) is 4.89. The van der Waals surface area contributed by atoms with Gasteiger partial charge < -0.3 is 4.74 Å². The molecule has 0 fully saturated rings. The summed E-state index contributed by atoms with van der Waals surface area (Å²) in [5, 5.41) is 0. The Morgan fingerprint density at radius 2 is 1.76 bits per heavy atom. The summed E-state index contributed by atoms with van der Waals surface area (Å²) in [6.07, 6.45) is -2.18. The van der Waals surface area contributed by atoms with Crippen molar-refractivity contribution in [2.45, 2.75) is 25.4 Å². The van der Waals surface area contributed by atoms with Crippen molar-refractivity contribution in [1.29, 1.82) is 0 Å². The molecule has 1 aromatic carbocycles. The Morgan fingerprint density at radius 3 is 2.29 bits per heavy atom. The standard InChI is InChI=1S/C12H12F3O2/c13-12(14,15)11-6-4-10(5-7-11)3-1-2-8-17-9-16/h4-7H,1-3,8H2. The predicted molar refractivity (Wildman–Crippen MR) is 56.0 cm³/mol. The van der Waals surface area contributed by atoms with Crippen LogP contribution < -0.4 is 0 Å². The molecule has 1 rings (SSSR count). The predicted octanol–water partition coefficient (Wildman–Crippen LogP) is 3.11. The first-order valence-electron chi connectivity index (χ1n) is 5.19. The van der Waals surface area contributed by atoms with Gasteiger partial charge in [-0.25, -0.2) is 4.79 Å². The lowest BCUT2D eigenvalue weighted by atomic mass is 10.1. The average molecular weight is 245 g/mol. The van der Waals surface area contributed by atoms with Crippen LogP contribution in [0.3, 0.4) is 0 Å². The van der Waals surface area contributed by atoms with Crippen molar-refractivity contribution in [3.05, 3.63) is 35.4 Å². The Bertz CT molecular complexity index is 344. The number of halogens is 3. The van der Waals surface area contributed by atoms with Crippen LogP contribution in [0.25, 0.3) is 0 Å². The van der Waals surface area contributed by atoms with Crippen LogP contribution in [0.15, 0.2) is 24.3 Å². The van der Waals surface area contributed by atoms with E-state index in [0.717, 1.165) is 24.1 Å². The van der Waals surface area contributed by atoms with Gasteiger partial charge in [0.05, 0.1) is 12.2 Å². The zero-order chi connectivity index (χ0) is 12.7. The summed E-state index contributed by atoms with van der Waals surface area (Å²) in [7, 11) is 0. The Balaban J connectivity index is 2.38. The Hall–Kier alpha value is -1.52. The Kier molecular flexibility index (Phi) is 5.00. The number of benzene rings is 1. The van der Waals surface area contributed by atoms with Crippen LogP contribution in [0.4, 0.5) is 13.2 Å². The summed E-state index contributed by atoms with van der Waals surface area (Å²) >= 11 is 0. The molecule has 0 heterocycles. The second-order valence-corrected chi connectivity index (χ2v) is 3.58. The zero-order valence-electron chi connectivity index (χ0n) is 9.09. The molecule has 0 saturated heterocycles. The van der Waals surface area contributed by atoms with E-state index >= 15 is 0 Å². The molecule has 1 aromatic rings. The SMILES string of the molecule is O=[C]OCCCCc1ccc(C(F)(F)F)cc1. The van der Waals surface area contributed by atoms with Crippen LogP contribution in [0.5, 0.6) is 0 Å². The smallest absolute Gasteiger partial charge is 0.417 e. The molecule has 17 heavy (non-hydrogen) atoms. The summed E-state index contributed by atoms with van der Waals surface area (Å²) in [6, 6.07) is 5.08. The molecule has 0 aliphatic carbocycles. The molecule has 5 heteroatoms. The van der Waals surface area contributed by atoms with E-state index in [4.69, 9.17) is 0 Å². The first kappa shape index (κ1) is 13.5. The lowest BCUT2D eigenvalue weighted by Crippen LogP contribution is -2.04. The van der Waals surface area contributed by atoms with E-state index in [2.05, 4.69) is 4.74 Å². The summed E-state index contributed by atoms with van der Waals surface area (Å²) < 4.78 is 41.2. The Morgan fingerprint density at radius 1 is 1.12 bits per heavy atom. The maximum absolute atomic E-state index is 12.3. The van der Waals surface area contributed by atoms with Gasteiger partial charge in [0.15, 0.2) is 0 Å². The minimum Gasteiger partial charge on any atom is -0.457 e. The van der Waals surface area contributed by atoms with E-state index in [-0.39, 0.29) is 0 Å². The largest absolute Gasteiger partial charge is 0.457 e. The first-order chi connectivity index (χ1) is 8.04. The van der Waals surface area contributed by atoms with Gasteiger partial charge in [0.2, 0.25) is 0 Å². The van der Waals surface area contributed by atoms with Crippen molar-refractivity contribution < 1.29 is 22.7 Å². The van der Waals surface area contributed by atoms with E-state index < -0.39 is 11.7 Å². The van der Waals surface area contributed by atoms with Gasteiger partial charge in [0, 0.05) is 0 Å². The van der Waals surface area contributed by atoms with Gasteiger partial charge in [0.25, 0.3) is 0 Å². The number of hydrogen-bond acceptors (Lipinski definition) is 2. The van der Waals surface area contributed by atoms with Crippen LogP contribution >= 0.6 is 0 Å². The number of alkyl halides is 3. The fraction of sp³-hybridized carbons (Fsp3) is 0.417. The monoisotopic (exact) mass is 245 g/mol. The van der Waals surface area contributed by atoms with E-state index in [9.17, 15) is 18.0 Å². The maximum atomic E-state index is 12.3. The lowest BCUT2D eigenvalue weighted by molar-refractivity contribution is -0.137. The first-order valence-corrected chi connectivity index (χ1v) is 5.19. The maximum Gasteiger partial charge on any atom is 0.417 e. The van der Waals surface area contributed by atoms with Crippen molar-refractivity contribution in [3.63, 3.8) is 0 Å². The number of aryl methyl sites for hydroxylation is 1. The number of ether oxygens (including phenoxy) is 1. The molecular formula is C12H12F3O2. The van der Waals surface area contributed by atoms with Crippen LogP contribution in [0, 0.1) is 0 Å². The van der Waals surface area contributed by atoms with Crippen molar-refractivity contribution in [2.24, 2.45) is 0 Å². The zero-order valence-corrected chi connectivity index (χ0v) is 9.09. The third-order valence-corrected chi connectivity index (χ3v) is 2.30. The van der Waals surface area contributed by atoms with Crippen LogP contribution in [0.2, 0.25) is 0 Å². The van der Waals surface area contributed by atoms with Gasteiger partial charge in [-0.05, 0) is 37.0 Å². The molecule has 0 bridgehead atoms. The van der Waals surface area contributed by atoms with Gasteiger partial charge in [0.1, 0.15) is 0 Å². The molecule has 0 unspecified atom stereocenters. The Labute approximate surface area is 97.4 Å². The highest BCUT2D eigenvalue weighted by molar-refractivity contribution is 5.38. The van der Waals surface area contributed by atoms with E-state index in [1.807, 2.05) is 0 Å². The molecule has 0 aromatic heterocycles. The van der Waals surface area contributed by atoms with E-state index in [0.29, 0.717) is 19.4 Å². The fourth-order valence-corrected chi connectivity index (χ4v) is 1.41. The number of unbranched alkanes of at least 4 members (excludes halogenated alkanes) is 1. The highest BCUT2D eigenvalue weighted by Crippen LogP contribution is 2.29. The number of rotatable bonds is 6. The number of carbonyl (C=O) groups excluding carboxylic acids is 1. The average Bonchev–Trinajstić information content (AvgIpc) is 2.28. The van der Waals surface area contributed by atoms with Gasteiger partial charge in [-0.3, -0.25) is 0 Å². The van der Waals surface area contributed by atoms with Crippen LogP contribution in [0.1, 0.15) is 24.0 Å². The highest BCUT2D eigenvalue weighted by atomic mass is 19.4. The molecular weight excluding hydrogens is 233 g/mol. The molecule has 93 valence electrons. The van der Waals surface area contributed by atoms with Crippen molar-refractivity contribution in [2.75, 3.05) is 6.61 Å². The summed E-state index contributed by atoms with van der Waals surface area (Å²) in [5.41, 5.74) is 0.202. The van der Waals surface area contributed by atoms with E-state index in [1.54, 1.807) is 0 Å². The minimum atomic E-state index is -4.29. The normalized spacial score (nSPS) is 11.2. The summed E-state index contributed by atoms with van der Waals surface area (Å²) in [6.45, 7) is 1.61. The molecule has 0 spiro atoms. The van der Waals surface area contributed by atoms with Crippen molar-refractivity contribution in [3.8, 4) is 0 Å². The highest BCUT2D eigenvalue weighted by Gasteiger charge is 2.29. The summed E-state index contributed by atoms with van der Waals surface area (Å²) in [4.78, 5) is 9.72. The molecule has 0 saturated carbocycles. The second kappa shape index (κ2) is 6.27.